The number of halogens is 1. The van der Waals surface area contributed by atoms with E-state index >= 15 is 4.39 Å². The normalized spacial score (nSPS) is 16.8. The number of rotatable bonds is 5. The van der Waals surface area contributed by atoms with Crippen molar-refractivity contribution in [1.29, 1.82) is 0 Å². The van der Waals surface area contributed by atoms with Crippen molar-refractivity contribution >= 4 is 33.5 Å². The third kappa shape index (κ3) is 4.04. The van der Waals surface area contributed by atoms with Gasteiger partial charge >= 0.3 is 5.97 Å². The monoisotopic (exact) mass is 472 g/mol. The minimum atomic E-state index is -1.28. The molecule has 178 valence electrons. The lowest BCUT2D eigenvalue weighted by atomic mass is 10.1. The van der Waals surface area contributed by atoms with Crippen LogP contribution in [0.4, 0.5) is 10.1 Å². The molecular weight excluding hydrogens is 447 g/mol. The lowest BCUT2D eigenvalue weighted by molar-refractivity contribution is 0.0695. The number of carboxylic acids is 1. The van der Waals surface area contributed by atoms with E-state index in [2.05, 4.69) is 17.0 Å². The summed E-state index contributed by atoms with van der Waals surface area (Å²) in [5.74, 6) is -1.78. The highest BCUT2D eigenvalue weighted by molar-refractivity contribution is 5.93. The number of pyridine rings is 2. The van der Waals surface area contributed by atoms with Crippen LogP contribution in [0.15, 0.2) is 59.5 Å². The van der Waals surface area contributed by atoms with Crippen molar-refractivity contribution in [2.24, 2.45) is 0 Å². The van der Waals surface area contributed by atoms with Gasteiger partial charge in [0.15, 0.2) is 0 Å². The minimum Gasteiger partial charge on any atom is -0.477 e. The van der Waals surface area contributed by atoms with Gasteiger partial charge in [0.25, 0.3) is 0 Å². The molecule has 35 heavy (non-hydrogen) atoms. The van der Waals surface area contributed by atoms with E-state index in [9.17, 15) is 14.7 Å². The maximum absolute atomic E-state index is 15.2. The van der Waals surface area contributed by atoms with E-state index in [4.69, 9.17) is 4.98 Å². The third-order valence-electron chi connectivity index (χ3n) is 7.03. The quantitative estimate of drug-likeness (QED) is 0.472. The zero-order chi connectivity index (χ0) is 24.1. The highest BCUT2D eigenvalue weighted by Crippen LogP contribution is 2.38. The molecule has 3 heterocycles. The van der Waals surface area contributed by atoms with Gasteiger partial charge in [-0.05, 0) is 37.1 Å². The van der Waals surface area contributed by atoms with Crippen LogP contribution in [-0.4, -0.2) is 51.7 Å². The molecule has 7 nitrogen and oxygen atoms in total. The molecular formula is C27H25FN4O3. The van der Waals surface area contributed by atoms with Crippen molar-refractivity contribution in [3.05, 3.63) is 82.0 Å². The summed E-state index contributed by atoms with van der Waals surface area (Å²) in [7, 11) is 0. The Balaban J connectivity index is 1.24. The van der Waals surface area contributed by atoms with Crippen LogP contribution in [0.2, 0.25) is 0 Å². The molecule has 2 aromatic carbocycles. The maximum Gasteiger partial charge on any atom is 0.341 e. The molecule has 1 aliphatic carbocycles. The predicted molar refractivity (Wildman–Crippen MR) is 133 cm³/mol. The Kier molecular flexibility index (Phi) is 5.25. The molecule has 0 bridgehead atoms. The van der Waals surface area contributed by atoms with Crippen molar-refractivity contribution in [2.45, 2.75) is 25.4 Å². The van der Waals surface area contributed by atoms with Gasteiger partial charge in [-0.3, -0.25) is 14.7 Å². The van der Waals surface area contributed by atoms with Gasteiger partial charge in [0.2, 0.25) is 5.43 Å². The fourth-order valence-corrected chi connectivity index (χ4v) is 4.98. The fourth-order valence-electron chi connectivity index (χ4n) is 4.98. The van der Waals surface area contributed by atoms with Crippen LogP contribution < -0.4 is 10.3 Å². The first-order valence-electron chi connectivity index (χ1n) is 11.9. The van der Waals surface area contributed by atoms with Crippen molar-refractivity contribution < 1.29 is 14.3 Å². The summed E-state index contributed by atoms with van der Waals surface area (Å²) in [6, 6.07) is 15.3. The van der Waals surface area contributed by atoms with Gasteiger partial charge in [0.1, 0.15) is 11.4 Å². The van der Waals surface area contributed by atoms with E-state index in [1.807, 2.05) is 33.7 Å². The molecule has 2 aromatic heterocycles. The molecule has 1 saturated carbocycles. The van der Waals surface area contributed by atoms with Crippen LogP contribution in [0.1, 0.15) is 34.9 Å². The van der Waals surface area contributed by atoms with Gasteiger partial charge in [-0.1, -0.05) is 24.3 Å². The smallest absolute Gasteiger partial charge is 0.341 e. The predicted octanol–water partition coefficient (Wildman–Crippen LogP) is 4.04. The summed E-state index contributed by atoms with van der Waals surface area (Å²) in [5, 5.41) is 10.7. The Hall–Kier alpha value is -3.78. The molecule has 4 aromatic rings. The molecule has 0 atom stereocenters. The van der Waals surface area contributed by atoms with Crippen molar-refractivity contribution in [3.8, 4) is 0 Å². The Morgan fingerprint density at radius 2 is 1.83 bits per heavy atom. The lowest BCUT2D eigenvalue weighted by Crippen LogP contribution is -2.46. The van der Waals surface area contributed by atoms with Crippen molar-refractivity contribution in [1.82, 2.24) is 14.5 Å². The number of fused-ring (bicyclic) bond motifs is 2. The number of nitrogens with zero attached hydrogens (tertiary/aromatic N) is 4. The SMILES string of the molecule is O=C(O)c1cn(C2CC2)c2cc(N3CCN(Cc4ccc5ccccc5n4)CC3)c(F)cc2c1=O. The zero-order valence-electron chi connectivity index (χ0n) is 19.2. The molecule has 1 aliphatic heterocycles. The van der Waals surface area contributed by atoms with Crippen LogP contribution in [0, 0.1) is 5.82 Å². The van der Waals surface area contributed by atoms with Crippen LogP contribution in [0.3, 0.4) is 0 Å². The number of hydrogen-bond donors (Lipinski definition) is 1. The van der Waals surface area contributed by atoms with Gasteiger partial charge in [0.05, 0.1) is 22.4 Å². The second-order valence-electron chi connectivity index (χ2n) is 9.39. The fraction of sp³-hybridized carbons (Fsp3) is 0.296. The Bertz CT molecular complexity index is 1520. The van der Waals surface area contributed by atoms with Gasteiger partial charge < -0.3 is 14.6 Å². The Morgan fingerprint density at radius 3 is 2.57 bits per heavy atom. The number of benzene rings is 2. The average Bonchev–Trinajstić information content (AvgIpc) is 3.70. The molecule has 6 rings (SSSR count). The van der Waals surface area contributed by atoms with Crippen LogP contribution in [0.25, 0.3) is 21.8 Å². The number of anilines is 1. The number of aromatic nitrogens is 2. The summed E-state index contributed by atoms with van der Waals surface area (Å²) in [6.45, 7) is 3.56. The first-order valence-corrected chi connectivity index (χ1v) is 11.9. The highest BCUT2D eigenvalue weighted by atomic mass is 19.1. The number of aromatic carboxylic acids is 1. The minimum absolute atomic E-state index is 0.124. The number of piperazine rings is 1. The first-order chi connectivity index (χ1) is 17.0. The number of para-hydroxylation sites is 1. The molecule has 0 radical (unpaired) electrons. The van der Waals surface area contributed by atoms with Gasteiger partial charge in [-0.15, -0.1) is 0 Å². The topological polar surface area (TPSA) is 78.7 Å². The van der Waals surface area contributed by atoms with Gasteiger partial charge in [-0.2, -0.15) is 0 Å². The molecule has 2 aliphatic rings. The van der Waals surface area contributed by atoms with E-state index in [0.29, 0.717) is 24.3 Å². The maximum atomic E-state index is 15.2. The van der Waals surface area contributed by atoms with Gasteiger partial charge in [0, 0.05) is 55.7 Å². The molecule has 1 saturated heterocycles. The Labute approximate surface area is 201 Å². The van der Waals surface area contributed by atoms with Crippen LogP contribution >= 0.6 is 0 Å². The lowest BCUT2D eigenvalue weighted by Gasteiger charge is -2.36. The van der Waals surface area contributed by atoms with Crippen molar-refractivity contribution in [2.75, 3.05) is 31.1 Å². The van der Waals surface area contributed by atoms with Crippen LogP contribution in [-0.2, 0) is 6.54 Å². The average molecular weight is 473 g/mol. The largest absolute Gasteiger partial charge is 0.477 e. The van der Waals surface area contributed by atoms with Gasteiger partial charge in [-0.25, -0.2) is 9.18 Å². The first kappa shape index (κ1) is 21.7. The molecule has 1 N–H and O–H groups in total. The summed E-state index contributed by atoms with van der Waals surface area (Å²) < 4.78 is 17.0. The van der Waals surface area contributed by atoms with Crippen LogP contribution in [0.5, 0.6) is 0 Å². The summed E-state index contributed by atoms with van der Waals surface area (Å²) in [5.41, 5.74) is 2.10. The molecule has 0 unspecified atom stereocenters. The van der Waals surface area contributed by atoms with E-state index in [1.54, 1.807) is 6.07 Å². The second-order valence-corrected chi connectivity index (χ2v) is 9.39. The molecule has 0 amide bonds. The van der Waals surface area contributed by atoms with E-state index < -0.39 is 17.2 Å². The van der Waals surface area contributed by atoms with E-state index in [0.717, 1.165) is 49.1 Å². The Morgan fingerprint density at radius 1 is 1.06 bits per heavy atom. The molecule has 0 spiro atoms. The number of hydrogen-bond acceptors (Lipinski definition) is 5. The molecule has 2 fully saturated rings. The number of carboxylic acid groups (broad SMARTS) is 1. The third-order valence-corrected chi connectivity index (χ3v) is 7.03. The number of carbonyl (C=O) groups is 1. The zero-order valence-corrected chi connectivity index (χ0v) is 19.2. The van der Waals surface area contributed by atoms with Crippen molar-refractivity contribution in [3.63, 3.8) is 0 Å². The summed E-state index contributed by atoms with van der Waals surface area (Å²) >= 11 is 0. The summed E-state index contributed by atoms with van der Waals surface area (Å²) in [6.07, 6.45) is 3.26. The standard InChI is InChI=1S/C27H25FN4O3/c28-22-13-20-24(32(19-7-8-19)16-21(26(20)33)27(34)35)14-25(22)31-11-9-30(10-12-31)15-18-6-5-17-3-1-2-4-23(17)29-18/h1-6,13-14,16,19H,7-12,15H2,(H,34,35). The second kappa shape index (κ2) is 8.46. The van der Waals surface area contributed by atoms with E-state index in [-0.39, 0.29) is 17.0 Å². The summed E-state index contributed by atoms with van der Waals surface area (Å²) in [4.78, 5) is 33.4. The highest BCUT2D eigenvalue weighted by Gasteiger charge is 2.28. The van der Waals surface area contributed by atoms with E-state index in [1.165, 1.54) is 12.3 Å². The molecule has 8 heteroatoms.